The molecule has 1 aromatic heterocycles. The lowest BCUT2D eigenvalue weighted by Crippen LogP contribution is -2.36. The number of pyridine rings is 1. The molecule has 1 rings (SSSR count). The predicted octanol–water partition coefficient (Wildman–Crippen LogP) is 3.20. The number of amides is 1. The van der Waals surface area contributed by atoms with Gasteiger partial charge in [0, 0.05) is 10.7 Å². The van der Waals surface area contributed by atoms with Crippen molar-refractivity contribution in [2.24, 2.45) is 5.41 Å². The Labute approximate surface area is 103 Å². The largest absolute Gasteiger partial charge is 0.465 e. The molecule has 88 valence electrons. The zero-order valence-corrected chi connectivity index (χ0v) is 11.1. The third-order valence-electron chi connectivity index (χ3n) is 2.17. The molecule has 1 unspecified atom stereocenters. The third-order valence-corrected chi connectivity index (χ3v) is 2.67. The fraction of sp³-hybridized carbons (Fsp3) is 0.455. The molecular weight excluding hydrogens is 272 g/mol. The van der Waals surface area contributed by atoms with Gasteiger partial charge in [-0.2, -0.15) is 0 Å². The first-order valence-corrected chi connectivity index (χ1v) is 5.71. The van der Waals surface area contributed by atoms with Gasteiger partial charge in [0.2, 0.25) is 0 Å². The lowest BCUT2D eigenvalue weighted by molar-refractivity contribution is 0.174. The highest BCUT2D eigenvalue weighted by Crippen LogP contribution is 2.32. The van der Waals surface area contributed by atoms with Crippen LogP contribution in [0.3, 0.4) is 0 Å². The van der Waals surface area contributed by atoms with Gasteiger partial charge in [0.1, 0.15) is 0 Å². The molecule has 5 heteroatoms. The van der Waals surface area contributed by atoms with Crippen LogP contribution in [0.2, 0.25) is 0 Å². The highest BCUT2D eigenvalue weighted by molar-refractivity contribution is 9.10. The van der Waals surface area contributed by atoms with Crippen LogP contribution >= 0.6 is 15.9 Å². The van der Waals surface area contributed by atoms with Crippen molar-refractivity contribution in [3.05, 3.63) is 28.5 Å². The number of nitrogens with zero attached hydrogens (tertiary/aromatic N) is 1. The van der Waals surface area contributed by atoms with E-state index in [4.69, 9.17) is 5.11 Å². The molecule has 4 nitrogen and oxygen atoms in total. The zero-order valence-electron chi connectivity index (χ0n) is 9.49. The summed E-state index contributed by atoms with van der Waals surface area (Å²) < 4.78 is 0.888. The minimum atomic E-state index is -1.04. The molecule has 0 aromatic carbocycles. The minimum absolute atomic E-state index is 0.230. The van der Waals surface area contributed by atoms with Crippen LogP contribution in [0.1, 0.15) is 32.5 Å². The molecule has 1 aromatic rings. The molecule has 1 amide bonds. The number of carbonyl (C=O) groups is 1. The van der Waals surface area contributed by atoms with E-state index < -0.39 is 6.09 Å². The van der Waals surface area contributed by atoms with Crippen LogP contribution in [0.25, 0.3) is 0 Å². The first-order chi connectivity index (χ1) is 7.30. The Morgan fingerprint density at radius 3 is 2.62 bits per heavy atom. The number of carboxylic acid groups (broad SMARTS) is 1. The highest BCUT2D eigenvalue weighted by Gasteiger charge is 2.28. The number of aromatic nitrogens is 1. The van der Waals surface area contributed by atoms with Crippen LogP contribution in [-0.2, 0) is 0 Å². The van der Waals surface area contributed by atoms with Crippen LogP contribution in [-0.4, -0.2) is 16.2 Å². The van der Waals surface area contributed by atoms with Gasteiger partial charge in [0.05, 0.1) is 11.7 Å². The molecule has 0 spiro atoms. The van der Waals surface area contributed by atoms with E-state index in [0.29, 0.717) is 5.69 Å². The molecular formula is C11H15BrN2O2. The normalized spacial score (nSPS) is 13.2. The molecule has 0 aliphatic heterocycles. The molecule has 0 bridgehead atoms. The maximum atomic E-state index is 10.8. The molecule has 2 N–H and O–H groups in total. The predicted molar refractivity (Wildman–Crippen MR) is 65.3 cm³/mol. The summed E-state index contributed by atoms with van der Waals surface area (Å²) in [5.74, 6) is 0. The molecule has 16 heavy (non-hydrogen) atoms. The smallest absolute Gasteiger partial charge is 0.405 e. The summed E-state index contributed by atoms with van der Waals surface area (Å²) in [5.41, 5.74) is 0.482. The molecule has 0 fully saturated rings. The van der Waals surface area contributed by atoms with Gasteiger partial charge >= 0.3 is 6.09 Å². The molecule has 0 radical (unpaired) electrons. The van der Waals surface area contributed by atoms with E-state index in [0.717, 1.165) is 4.47 Å². The monoisotopic (exact) mass is 286 g/mol. The number of nitrogens with one attached hydrogen (secondary N) is 1. The van der Waals surface area contributed by atoms with Gasteiger partial charge in [-0.25, -0.2) is 4.79 Å². The fourth-order valence-electron chi connectivity index (χ4n) is 1.44. The van der Waals surface area contributed by atoms with Crippen molar-refractivity contribution in [3.63, 3.8) is 0 Å². The van der Waals surface area contributed by atoms with E-state index in [1.165, 1.54) is 0 Å². The van der Waals surface area contributed by atoms with Crippen LogP contribution in [0, 0.1) is 5.41 Å². The molecule has 0 aliphatic carbocycles. The van der Waals surface area contributed by atoms with Crippen molar-refractivity contribution in [2.45, 2.75) is 26.8 Å². The van der Waals surface area contributed by atoms with Gasteiger partial charge < -0.3 is 10.4 Å². The van der Waals surface area contributed by atoms with Gasteiger partial charge in [0.15, 0.2) is 0 Å². The first kappa shape index (κ1) is 13.0. The topological polar surface area (TPSA) is 62.2 Å². The van der Waals surface area contributed by atoms with Crippen LogP contribution in [0.4, 0.5) is 4.79 Å². The van der Waals surface area contributed by atoms with E-state index in [1.807, 2.05) is 32.9 Å². The van der Waals surface area contributed by atoms with Gasteiger partial charge in [-0.15, -0.1) is 0 Å². The van der Waals surface area contributed by atoms with Gasteiger partial charge in [-0.3, -0.25) is 4.98 Å². The van der Waals surface area contributed by atoms with Gasteiger partial charge in [-0.1, -0.05) is 36.7 Å². The summed E-state index contributed by atoms with van der Waals surface area (Å²) in [6.07, 6.45) is 0.614. The zero-order chi connectivity index (χ0) is 12.3. The van der Waals surface area contributed by atoms with Crippen molar-refractivity contribution in [3.8, 4) is 0 Å². The average Bonchev–Trinajstić information content (AvgIpc) is 2.12. The minimum Gasteiger partial charge on any atom is -0.465 e. The Bertz CT molecular complexity index is 388. The van der Waals surface area contributed by atoms with Gasteiger partial charge in [-0.05, 0) is 17.5 Å². The summed E-state index contributed by atoms with van der Waals surface area (Å²) in [6, 6.07) is 3.30. The van der Waals surface area contributed by atoms with Gasteiger partial charge in [0.25, 0.3) is 0 Å². The summed E-state index contributed by atoms with van der Waals surface area (Å²) >= 11 is 3.35. The number of halogens is 1. The quantitative estimate of drug-likeness (QED) is 0.878. The summed E-state index contributed by atoms with van der Waals surface area (Å²) in [4.78, 5) is 15.0. The van der Waals surface area contributed by atoms with Crippen LogP contribution < -0.4 is 5.32 Å². The Balaban J connectivity index is 3.06. The number of hydrogen-bond acceptors (Lipinski definition) is 2. The second-order valence-electron chi connectivity index (χ2n) is 4.65. The summed E-state index contributed by atoms with van der Waals surface area (Å²) in [5, 5.41) is 11.3. The Kier molecular flexibility index (Phi) is 3.91. The number of hydrogen-bond donors (Lipinski definition) is 2. The Morgan fingerprint density at radius 2 is 2.19 bits per heavy atom. The molecule has 0 saturated heterocycles. The number of rotatable bonds is 2. The van der Waals surface area contributed by atoms with Crippen molar-refractivity contribution in [1.82, 2.24) is 10.3 Å². The van der Waals surface area contributed by atoms with Crippen molar-refractivity contribution < 1.29 is 9.90 Å². The van der Waals surface area contributed by atoms with Crippen molar-refractivity contribution in [1.29, 1.82) is 0 Å². The SMILES string of the molecule is CC(C)(C)C(NC(=O)O)c1cc(Br)ccn1. The molecule has 0 aliphatic rings. The summed E-state index contributed by atoms with van der Waals surface area (Å²) in [7, 11) is 0. The maximum Gasteiger partial charge on any atom is 0.405 e. The van der Waals surface area contributed by atoms with E-state index in [1.54, 1.807) is 6.20 Å². The standard InChI is InChI=1S/C11H15BrN2O2/c1-11(2,3)9(14-10(15)16)8-6-7(12)4-5-13-8/h4-6,9,14H,1-3H3,(H,15,16). The average molecular weight is 287 g/mol. The Morgan fingerprint density at radius 1 is 1.56 bits per heavy atom. The van der Waals surface area contributed by atoms with Crippen LogP contribution in [0.5, 0.6) is 0 Å². The Hall–Kier alpha value is -1.10. The molecule has 0 saturated carbocycles. The van der Waals surface area contributed by atoms with E-state index in [2.05, 4.69) is 26.2 Å². The first-order valence-electron chi connectivity index (χ1n) is 4.91. The second-order valence-corrected chi connectivity index (χ2v) is 5.56. The van der Waals surface area contributed by atoms with E-state index >= 15 is 0 Å². The second kappa shape index (κ2) is 4.82. The highest BCUT2D eigenvalue weighted by atomic mass is 79.9. The lowest BCUT2D eigenvalue weighted by atomic mass is 9.84. The lowest BCUT2D eigenvalue weighted by Gasteiger charge is -2.30. The maximum absolute atomic E-state index is 10.8. The molecule has 1 atom stereocenters. The van der Waals surface area contributed by atoms with Crippen molar-refractivity contribution >= 4 is 22.0 Å². The summed E-state index contributed by atoms with van der Waals surface area (Å²) in [6.45, 7) is 5.91. The fourth-order valence-corrected chi connectivity index (χ4v) is 1.79. The van der Waals surface area contributed by atoms with E-state index in [9.17, 15) is 4.79 Å². The van der Waals surface area contributed by atoms with Crippen LogP contribution in [0.15, 0.2) is 22.8 Å². The third kappa shape index (κ3) is 3.48. The molecule has 1 heterocycles. The van der Waals surface area contributed by atoms with Crippen molar-refractivity contribution in [2.75, 3.05) is 0 Å². The van der Waals surface area contributed by atoms with E-state index in [-0.39, 0.29) is 11.5 Å².